The van der Waals surface area contributed by atoms with Crippen LogP contribution < -0.4 is 16.0 Å². The van der Waals surface area contributed by atoms with Crippen molar-refractivity contribution in [1.82, 2.24) is 25.8 Å². The highest BCUT2D eigenvalue weighted by atomic mass is 32.1. The zero-order valence-corrected chi connectivity index (χ0v) is 23.1. The van der Waals surface area contributed by atoms with Gasteiger partial charge in [0, 0.05) is 26.1 Å². The van der Waals surface area contributed by atoms with Crippen LogP contribution in [-0.4, -0.2) is 83.2 Å². The van der Waals surface area contributed by atoms with Crippen molar-refractivity contribution in [3.05, 3.63) is 41.0 Å². The highest BCUT2D eigenvalue weighted by Crippen LogP contribution is 2.28. The Morgan fingerprint density at radius 1 is 1.24 bits per heavy atom. The van der Waals surface area contributed by atoms with E-state index in [0.717, 1.165) is 21.7 Å². The van der Waals surface area contributed by atoms with Gasteiger partial charge in [-0.2, -0.15) is 0 Å². The number of thiazole rings is 1. The summed E-state index contributed by atoms with van der Waals surface area (Å²) in [5.74, 6) is -1.04. The van der Waals surface area contributed by atoms with Crippen LogP contribution in [0.5, 0.6) is 0 Å². The monoisotopic (exact) mass is 543 g/mol. The standard InChI is InChI=1S/C27H37N5O5S/c1-16-22(38-15-30-16)18-7-5-17(6-8-18)12-29-25(35)21-11-19(33)13-32(21)26(36)23(27(2,3)4)31-24(34)20-14-37-10-9-28-20/h5-8,15,19-21,23,28,33H,9-14H2,1-4H3,(H,29,35)(H,31,34)/t19-,20-,21+,23-/m1/s1. The van der Waals surface area contributed by atoms with Crippen molar-refractivity contribution in [2.45, 2.75) is 64.9 Å². The Hall–Kier alpha value is -2.86. The zero-order chi connectivity index (χ0) is 27.4. The molecule has 3 heterocycles. The smallest absolute Gasteiger partial charge is 0.246 e. The number of aromatic nitrogens is 1. The molecule has 2 aliphatic rings. The van der Waals surface area contributed by atoms with Gasteiger partial charge in [-0.05, 0) is 23.5 Å². The van der Waals surface area contributed by atoms with E-state index >= 15 is 0 Å². The lowest BCUT2D eigenvalue weighted by molar-refractivity contribution is -0.144. The normalized spacial score (nSPS) is 22.7. The van der Waals surface area contributed by atoms with Crippen LogP contribution >= 0.6 is 11.3 Å². The molecule has 1 aromatic carbocycles. The first-order valence-electron chi connectivity index (χ1n) is 12.9. The summed E-state index contributed by atoms with van der Waals surface area (Å²) < 4.78 is 5.38. The molecule has 2 aliphatic heterocycles. The highest BCUT2D eigenvalue weighted by molar-refractivity contribution is 7.13. The van der Waals surface area contributed by atoms with Crippen molar-refractivity contribution in [3.8, 4) is 10.4 Å². The van der Waals surface area contributed by atoms with Crippen LogP contribution in [0.3, 0.4) is 0 Å². The van der Waals surface area contributed by atoms with Gasteiger partial charge in [-0.3, -0.25) is 14.4 Å². The van der Waals surface area contributed by atoms with Gasteiger partial charge in [-0.15, -0.1) is 11.3 Å². The molecule has 1 aromatic heterocycles. The van der Waals surface area contributed by atoms with Crippen LogP contribution in [0.4, 0.5) is 0 Å². The van der Waals surface area contributed by atoms with Gasteiger partial charge >= 0.3 is 0 Å². The second-order valence-electron chi connectivity index (χ2n) is 11.0. The molecule has 2 aromatic rings. The molecular weight excluding hydrogens is 506 g/mol. The summed E-state index contributed by atoms with van der Waals surface area (Å²) in [6.07, 6.45) is -0.675. The fraction of sp³-hybridized carbons (Fsp3) is 0.556. The number of morpholine rings is 1. The van der Waals surface area contributed by atoms with Crippen molar-refractivity contribution in [2.24, 2.45) is 5.41 Å². The molecule has 10 nitrogen and oxygen atoms in total. The lowest BCUT2D eigenvalue weighted by atomic mass is 9.85. The van der Waals surface area contributed by atoms with Crippen LogP contribution in [0.25, 0.3) is 10.4 Å². The maximum atomic E-state index is 13.7. The fourth-order valence-electron chi connectivity index (χ4n) is 4.76. The average molecular weight is 544 g/mol. The zero-order valence-electron chi connectivity index (χ0n) is 22.3. The third-order valence-electron chi connectivity index (χ3n) is 6.93. The number of nitrogens with zero attached hydrogens (tertiary/aromatic N) is 2. The predicted molar refractivity (Wildman–Crippen MR) is 144 cm³/mol. The Bertz CT molecular complexity index is 1140. The number of rotatable bonds is 7. The van der Waals surface area contributed by atoms with Gasteiger partial charge in [-0.25, -0.2) is 4.98 Å². The number of nitrogens with one attached hydrogen (secondary N) is 3. The molecule has 0 bridgehead atoms. The molecule has 0 radical (unpaired) electrons. The van der Waals surface area contributed by atoms with Crippen LogP contribution in [-0.2, 0) is 25.7 Å². The largest absolute Gasteiger partial charge is 0.391 e. The topological polar surface area (TPSA) is 133 Å². The molecule has 0 spiro atoms. The van der Waals surface area contributed by atoms with Gasteiger partial charge in [0.15, 0.2) is 0 Å². The van der Waals surface area contributed by atoms with Crippen molar-refractivity contribution in [1.29, 1.82) is 0 Å². The molecule has 2 saturated heterocycles. The van der Waals surface area contributed by atoms with Gasteiger partial charge in [0.25, 0.3) is 0 Å². The number of carbonyl (C=O) groups is 3. The van der Waals surface area contributed by atoms with Crippen LogP contribution in [0.15, 0.2) is 29.8 Å². The van der Waals surface area contributed by atoms with E-state index in [0.29, 0.717) is 19.7 Å². The molecule has 0 unspecified atom stereocenters. The van der Waals surface area contributed by atoms with E-state index in [1.54, 1.807) is 11.3 Å². The third kappa shape index (κ3) is 6.58. The lowest BCUT2D eigenvalue weighted by Gasteiger charge is -2.36. The van der Waals surface area contributed by atoms with Gasteiger partial charge in [0.2, 0.25) is 17.7 Å². The second-order valence-corrected chi connectivity index (χ2v) is 11.8. The van der Waals surface area contributed by atoms with E-state index in [-0.39, 0.29) is 37.3 Å². The number of benzene rings is 1. The number of β-amino-alcohol motifs (C(OH)–C–C–N with tert-alkyl or cyclic N) is 1. The minimum absolute atomic E-state index is 0.0348. The number of carbonyl (C=O) groups excluding carboxylic acids is 3. The van der Waals surface area contributed by atoms with Crippen LogP contribution in [0.1, 0.15) is 38.4 Å². The second kappa shape index (κ2) is 11.9. The first-order chi connectivity index (χ1) is 18.0. The quantitative estimate of drug-likeness (QED) is 0.413. The first-order valence-corrected chi connectivity index (χ1v) is 13.8. The summed E-state index contributed by atoms with van der Waals surface area (Å²) >= 11 is 1.58. The lowest BCUT2D eigenvalue weighted by Crippen LogP contribution is -2.61. The van der Waals surface area contributed by atoms with Crippen molar-refractivity contribution >= 4 is 29.1 Å². The minimum atomic E-state index is -0.873. The first kappa shape index (κ1) is 28.2. The molecule has 3 amide bonds. The molecule has 2 fully saturated rings. The number of aryl methyl sites for hydroxylation is 1. The number of ether oxygens (including phenoxy) is 1. The average Bonchev–Trinajstić information content (AvgIpc) is 3.50. The maximum absolute atomic E-state index is 13.7. The Balaban J connectivity index is 1.41. The van der Waals surface area contributed by atoms with E-state index in [4.69, 9.17) is 4.74 Å². The van der Waals surface area contributed by atoms with Gasteiger partial charge < -0.3 is 30.7 Å². The number of hydrogen-bond donors (Lipinski definition) is 4. The molecule has 0 aliphatic carbocycles. The van der Waals surface area contributed by atoms with E-state index in [1.807, 2.05) is 57.5 Å². The summed E-state index contributed by atoms with van der Waals surface area (Å²) in [6.45, 7) is 9.20. The summed E-state index contributed by atoms with van der Waals surface area (Å²) in [5, 5.41) is 19.3. The molecule has 4 atom stereocenters. The number of likely N-dealkylation sites (tertiary alicyclic amines) is 1. The van der Waals surface area contributed by atoms with Crippen molar-refractivity contribution in [3.63, 3.8) is 0 Å². The molecule has 11 heteroatoms. The number of amides is 3. The molecule has 4 rings (SSSR count). The van der Waals surface area contributed by atoms with Crippen LogP contribution in [0, 0.1) is 12.3 Å². The van der Waals surface area contributed by atoms with Gasteiger partial charge in [0.1, 0.15) is 18.1 Å². The molecule has 4 N–H and O–H groups in total. The maximum Gasteiger partial charge on any atom is 0.246 e. The Kier molecular flexibility index (Phi) is 8.81. The predicted octanol–water partition coefficient (Wildman–Crippen LogP) is 1.22. The Labute approximate surface area is 227 Å². The van der Waals surface area contributed by atoms with E-state index in [9.17, 15) is 19.5 Å². The molecular formula is C27H37N5O5S. The summed E-state index contributed by atoms with van der Waals surface area (Å²) in [4.78, 5) is 46.5. The Morgan fingerprint density at radius 3 is 2.58 bits per heavy atom. The van der Waals surface area contributed by atoms with Crippen LogP contribution in [0.2, 0.25) is 0 Å². The number of aliphatic hydroxyl groups is 1. The van der Waals surface area contributed by atoms with E-state index in [1.165, 1.54) is 4.90 Å². The molecule has 206 valence electrons. The van der Waals surface area contributed by atoms with Crippen molar-refractivity contribution in [2.75, 3.05) is 26.3 Å². The molecule has 38 heavy (non-hydrogen) atoms. The minimum Gasteiger partial charge on any atom is -0.391 e. The fourth-order valence-corrected chi connectivity index (χ4v) is 5.57. The summed E-state index contributed by atoms with van der Waals surface area (Å²) in [5.41, 5.74) is 4.17. The van der Waals surface area contributed by atoms with E-state index < -0.39 is 29.6 Å². The number of hydrogen-bond acceptors (Lipinski definition) is 8. The van der Waals surface area contributed by atoms with Gasteiger partial charge in [-0.1, -0.05) is 45.0 Å². The summed E-state index contributed by atoms with van der Waals surface area (Å²) in [6, 6.07) is 5.66. The Morgan fingerprint density at radius 2 is 1.97 bits per heavy atom. The molecule has 0 saturated carbocycles. The van der Waals surface area contributed by atoms with Crippen molar-refractivity contribution < 1.29 is 24.2 Å². The van der Waals surface area contributed by atoms with Gasteiger partial charge in [0.05, 0.1) is 35.4 Å². The van der Waals surface area contributed by atoms with E-state index in [2.05, 4.69) is 20.9 Å². The highest BCUT2D eigenvalue weighted by Gasteiger charge is 2.45. The third-order valence-corrected chi connectivity index (χ3v) is 7.91. The SMILES string of the molecule is Cc1ncsc1-c1ccc(CNC(=O)[C@@H]2C[C@@H](O)CN2C(=O)[C@@H](NC(=O)[C@H]2COCCN2)C(C)(C)C)cc1. The summed E-state index contributed by atoms with van der Waals surface area (Å²) in [7, 11) is 0. The number of aliphatic hydroxyl groups excluding tert-OH is 1.